The van der Waals surface area contributed by atoms with Gasteiger partial charge in [0.1, 0.15) is 13.2 Å². The number of carbonyl (C=O) groups is 4. The van der Waals surface area contributed by atoms with Crippen molar-refractivity contribution in [2.75, 3.05) is 77.2 Å². The molecular formula is C48H91N3O8S2. The predicted molar refractivity (Wildman–Crippen MR) is 255 cm³/mol. The molecule has 0 saturated carbocycles. The van der Waals surface area contributed by atoms with E-state index in [1.165, 1.54) is 89.9 Å². The molecule has 0 atom stereocenters. The summed E-state index contributed by atoms with van der Waals surface area (Å²) < 4.78 is 21.9. The van der Waals surface area contributed by atoms with Gasteiger partial charge in [-0.1, -0.05) is 164 Å². The summed E-state index contributed by atoms with van der Waals surface area (Å²) in [5.74, 6) is 1.17. The van der Waals surface area contributed by atoms with Crippen molar-refractivity contribution in [3.63, 3.8) is 0 Å². The maximum Gasteiger partial charge on any atom is 0.409 e. The van der Waals surface area contributed by atoms with E-state index < -0.39 is 0 Å². The third-order valence-corrected chi connectivity index (χ3v) is 13.5. The average Bonchev–Trinajstić information content (AvgIpc) is 3.53. The van der Waals surface area contributed by atoms with Crippen LogP contribution in [0.5, 0.6) is 0 Å². The van der Waals surface area contributed by atoms with E-state index in [2.05, 4.69) is 24.1 Å². The van der Waals surface area contributed by atoms with Crippen LogP contribution in [-0.4, -0.2) is 111 Å². The van der Waals surface area contributed by atoms with Crippen LogP contribution >= 0.6 is 21.6 Å². The number of carbonyl (C=O) groups excluding carboxylic acids is 4. The molecule has 1 rings (SSSR count). The van der Waals surface area contributed by atoms with Gasteiger partial charge in [0.05, 0.1) is 13.2 Å². The summed E-state index contributed by atoms with van der Waals surface area (Å²) in [7, 11) is 3.23. The molecule has 0 aromatic heterocycles. The fourth-order valence-corrected chi connectivity index (χ4v) is 9.05. The van der Waals surface area contributed by atoms with Gasteiger partial charge in [0.2, 0.25) is 0 Å². The molecule has 0 aliphatic carbocycles. The van der Waals surface area contributed by atoms with Gasteiger partial charge in [0, 0.05) is 50.5 Å². The molecule has 1 N–H and O–H groups in total. The summed E-state index contributed by atoms with van der Waals surface area (Å²) in [4.78, 5) is 53.7. The van der Waals surface area contributed by atoms with E-state index in [9.17, 15) is 19.2 Å². The molecule has 0 aromatic carbocycles. The van der Waals surface area contributed by atoms with Crippen molar-refractivity contribution in [2.45, 2.75) is 206 Å². The lowest BCUT2D eigenvalue weighted by molar-refractivity contribution is -0.144. The van der Waals surface area contributed by atoms with E-state index in [0.717, 1.165) is 110 Å². The normalized spacial score (nSPS) is 13.1. The third-order valence-electron chi connectivity index (χ3n) is 11.2. The zero-order valence-corrected chi connectivity index (χ0v) is 40.8. The van der Waals surface area contributed by atoms with Crippen molar-refractivity contribution in [1.29, 1.82) is 0 Å². The van der Waals surface area contributed by atoms with Gasteiger partial charge >= 0.3 is 24.1 Å². The number of nitrogens with zero attached hydrogens (tertiary/aromatic N) is 2. The molecule has 1 aliphatic rings. The van der Waals surface area contributed by atoms with Crippen LogP contribution in [0.4, 0.5) is 9.59 Å². The number of amides is 2. The van der Waals surface area contributed by atoms with Crippen molar-refractivity contribution >= 4 is 45.7 Å². The van der Waals surface area contributed by atoms with Crippen LogP contribution < -0.4 is 5.32 Å². The molecule has 1 fully saturated rings. The van der Waals surface area contributed by atoms with E-state index in [0.29, 0.717) is 70.4 Å². The Kier molecular flexibility index (Phi) is 41.9. The minimum absolute atomic E-state index is 0.0833. The SMILES string of the molecule is CCCCCCCCCOC(=O)CCCCCCCN(CCCCCCCC(=O)OCCCCCCCCC)C(=O)OCCSSCCOC(=O)NCCN1CCCCCC1. The Morgan fingerprint density at radius 2 is 0.918 bits per heavy atom. The van der Waals surface area contributed by atoms with Gasteiger partial charge in [0.15, 0.2) is 0 Å². The predicted octanol–water partition coefficient (Wildman–Crippen LogP) is 12.7. The summed E-state index contributed by atoms with van der Waals surface area (Å²) in [6, 6.07) is 0. The molecule has 0 aromatic rings. The van der Waals surface area contributed by atoms with Crippen molar-refractivity contribution in [3.05, 3.63) is 0 Å². The second-order valence-corrected chi connectivity index (χ2v) is 19.5. The van der Waals surface area contributed by atoms with Crippen LogP contribution in [0.15, 0.2) is 0 Å². The number of rotatable bonds is 42. The van der Waals surface area contributed by atoms with Gasteiger partial charge in [-0.05, 0) is 64.5 Å². The highest BCUT2D eigenvalue weighted by Crippen LogP contribution is 2.21. The monoisotopic (exact) mass is 902 g/mol. The van der Waals surface area contributed by atoms with E-state index >= 15 is 0 Å². The van der Waals surface area contributed by atoms with Gasteiger partial charge in [-0.2, -0.15) is 0 Å². The number of unbranched alkanes of at least 4 members (excludes halogenated alkanes) is 20. The van der Waals surface area contributed by atoms with E-state index in [-0.39, 0.29) is 24.1 Å². The number of alkyl carbamates (subject to hydrolysis) is 1. The number of nitrogens with one attached hydrogen (secondary N) is 1. The highest BCUT2D eigenvalue weighted by Gasteiger charge is 2.15. The highest BCUT2D eigenvalue weighted by molar-refractivity contribution is 8.76. The number of hydrogen-bond donors (Lipinski definition) is 1. The van der Waals surface area contributed by atoms with E-state index in [4.69, 9.17) is 18.9 Å². The number of esters is 2. The molecule has 0 bridgehead atoms. The first kappa shape index (κ1) is 57.2. The van der Waals surface area contributed by atoms with Gasteiger partial charge < -0.3 is 34.1 Å². The first-order valence-electron chi connectivity index (χ1n) is 25.1. The number of ether oxygens (including phenoxy) is 4. The van der Waals surface area contributed by atoms with Crippen LogP contribution in [0.3, 0.4) is 0 Å². The van der Waals surface area contributed by atoms with Crippen molar-refractivity contribution in [3.8, 4) is 0 Å². The van der Waals surface area contributed by atoms with Crippen LogP contribution in [0.2, 0.25) is 0 Å². The zero-order chi connectivity index (χ0) is 44.1. The third kappa shape index (κ3) is 39.5. The topological polar surface area (TPSA) is 124 Å². The molecule has 1 saturated heterocycles. The molecule has 1 aliphatic heterocycles. The molecule has 0 unspecified atom stereocenters. The summed E-state index contributed by atoms with van der Waals surface area (Å²) in [6.07, 6.45) is 31.8. The van der Waals surface area contributed by atoms with Crippen LogP contribution in [0, 0.1) is 0 Å². The zero-order valence-electron chi connectivity index (χ0n) is 39.2. The number of hydrogen-bond acceptors (Lipinski definition) is 11. The first-order chi connectivity index (χ1) is 30.0. The lowest BCUT2D eigenvalue weighted by Gasteiger charge is -2.22. The fraction of sp³-hybridized carbons (Fsp3) is 0.917. The number of likely N-dealkylation sites (tertiary alicyclic amines) is 1. The van der Waals surface area contributed by atoms with E-state index in [1.54, 1.807) is 21.6 Å². The largest absolute Gasteiger partial charge is 0.466 e. The van der Waals surface area contributed by atoms with Crippen molar-refractivity contribution < 1.29 is 38.1 Å². The Morgan fingerprint density at radius 3 is 1.41 bits per heavy atom. The molecule has 0 spiro atoms. The summed E-state index contributed by atoms with van der Waals surface area (Å²) >= 11 is 0. The lowest BCUT2D eigenvalue weighted by atomic mass is 10.1. The lowest BCUT2D eigenvalue weighted by Crippen LogP contribution is -2.35. The second kappa shape index (κ2) is 44.7. The summed E-state index contributed by atoms with van der Waals surface area (Å²) in [6.45, 7) is 11.2. The molecule has 11 nitrogen and oxygen atoms in total. The summed E-state index contributed by atoms with van der Waals surface area (Å²) in [5, 5.41) is 2.86. The van der Waals surface area contributed by atoms with Crippen LogP contribution in [0.1, 0.15) is 206 Å². The fourth-order valence-electron chi connectivity index (χ4n) is 7.40. The average molecular weight is 902 g/mol. The highest BCUT2D eigenvalue weighted by atomic mass is 33.1. The smallest absolute Gasteiger partial charge is 0.409 e. The van der Waals surface area contributed by atoms with E-state index in [1.807, 2.05) is 4.90 Å². The Hall–Kier alpha value is -1.86. The Morgan fingerprint density at radius 1 is 0.492 bits per heavy atom. The maximum atomic E-state index is 13.1. The maximum absolute atomic E-state index is 13.1. The molecule has 0 radical (unpaired) electrons. The van der Waals surface area contributed by atoms with Gasteiger partial charge in [0.25, 0.3) is 0 Å². The van der Waals surface area contributed by atoms with Crippen molar-refractivity contribution in [1.82, 2.24) is 15.1 Å². The first-order valence-corrected chi connectivity index (χ1v) is 27.5. The molecule has 13 heteroatoms. The Bertz CT molecular complexity index is 989. The minimum Gasteiger partial charge on any atom is -0.466 e. The van der Waals surface area contributed by atoms with Gasteiger partial charge in [-0.25, -0.2) is 9.59 Å². The molecular weight excluding hydrogens is 811 g/mol. The van der Waals surface area contributed by atoms with Crippen LogP contribution in [-0.2, 0) is 28.5 Å². The standard InChI is InChI=1S/C48H91N3O8S2/c1-3-5-7-9-11-21-29-39-56-45(52)31-23-15-13-17-27-36-51(37-28-18-14-16-24-32-46(53)57-40-30-22-12-10-8-6-4-2)48(55)59-42-44-61-60-43-41-58-47(54)49-33-38-50-34-25-19-20-26-35-50/h3-44H2,1-2H3,(H,49,54). The molecule has 61 heavy (non-hydrogen) atoms. The molecule has 358 valence electrons. The Labute approximate surface area is 381 Å². The van der Waals surface area contributed by atoms with Crippen molar-refractivity contribution in [2.24, 2.45) is 0 Å². The van der Waals surface area contributed by atoms with Gasteiger partial charge in [-0.3, -0.25) is 9.59 Å². The Balaban J connectivity index is 2.25. The quantitative estimate of drug-likeness (QED) is 0.0272. The van der Waals surface area contributed by atoms with Crippen LogP contribution in [0.25, 0.3) is 0 Å². The van der Waals surface area contributed by atoms with Gasteiger partial charge in [-0.15, -0.1) is 0 Å². The molecule has 1 heterocycles. The minimum atomic E-state index is -0.363. The summed E-state index contributed by atoms with van der Waals surface area (Å²) in [5.41, 5.74) is 0. The second-order valence-electron chi connectivity index (χ2n) is 16.8. The molecule has 2 amide bonds.